The van der Waals surface area contributed by atoms with Crippen LogP contribution in [0.1, 0.15) is 71.6 Å². The maximum Gasteiger partial charge on any atom is 0.394 e. The van der Waals surface area contributed by atoms with Crippen molar-refractivity contribution in [1.29, 1.82) is 0 Å². The summed E-state index contributed by atoms with van der Waals surface area (Å²) in [6, 6.07) is 0. The van der Waals surface area contributed by atoms with Gasteiger partial charge in [0.05, 0.1) is 5.41 Å². The summed E-state index contributed by atoms with van der Waals surface area (Å²) in [5, 5.41) is 0. The highest BCUT2D eigenvalue weighted by molar-refractivity contribution is 4.90. The Balaban J connectivity index is 1.84. The van der Waals surface area contributed by atoms with Crippen molar-refractivity contribution in [1.82, 2.24) is 0 Å². The number of hydrogen-bond acceptors (Lipinski definition) is 0. The van der Waals surface area contributed by atoms with Crippen molar-refractivity contribution in [3.05, 3.63) is 0 Å². The van der Waals surface area contributed by atoms with Crippen LogP contribution < -0.4 is 0 Å². The van der Waals surface area contributed by atoms with Crippen LogP contribution >= 0.6 is 0 Å². The first kappa shape index (κ1) is 15.2. The predicted molar refractivity (Wildman–Crippen MR) is 71.9 cm³/mol. The van der Waals surface area contributed by atoms with E-state index in [9.17, 15) is 13.2 Å². The molecule has 0 amide bonds. The Bertz CT molecular complexity index is 279. The Kier molecular flexibility index (Phi) is 4.52. The quantitative estimate of drug-likeness (QED) is 0.583. The van der Waals surface area contributed by atoms with Crippen LogP contribution in [0.2, 0.25) is 0 Å². The number of alkyl halides is 3. The van der Waals surface area contributed by atoms with E-state index >= 15 is 0 Å². The van der Waals surface area contributed by atoms with Gasteiger partial charge in [-0.3, -0.25) is 0 Å². The Morgan fingerprint density at radius 1 is 0.895 bits per heavy atom. The molecule has 0 heterocycles. The summed E-state index contributed by atoms with van der Waals surface area (Å²) < 4.78 is 39.0. The van der Waals surface area contributed by atoms with Crippen molar-refractivity contribution in [3.63, 3.8) is 0 Å². The van der Waals surface area contributed by atoms with Crippen molar-refractivity contribution in [2.45, 2.75) is 77.8 Å². The minimum atomic E-state index is -4.02. The van der Waals surface area contributed by atoms with Crippen molar-refractivity contribution in [2.24, 2.45) is 23.2 Å². The fourth-order valence-corrected chi connectivity index (χ4v) is 4.10. The predicted octanol–water partition coefficient (Wildman–Crippen LogP) is 5.96. The van der Waals surface area contributed by atoms with Crippen LogP contribution in [-0.4, -0.2) is 6.18 Å². The second-order valence-electron chi connectivity index (χ2n) is 7.08. The summed E-state index contributed by atoms with van der Waals surface area (Å²) in [5.41, 5.74) is -1.41. The summed E-state index contributed by atoms with van der Waals surface area (Å²) in [5.74, 6) is 2.15. The van der Waals surface area contributed by atoms with Crippen LogP contribution in [0.25, 0.3) is 0 Å². The second-order valence-corrected chi connectivity index (χ2v) is 7.08. The number of rotatable bonds is 2. The summed E-state index contributed by atoms with van der Waals surface area (Å²) in [4.78, 5) is 0. The van der Waals surface area contributed by atoms with Gasteiger partial charge in [-0.05, 0) is 56.3 Å². The standard InChI is InChI=1S/C16H27F3/c1-3-12-4-6-13(7-5-12)14-8-10-15(2,11-9-14)16(17,18)19/h12-14H,3-11H2,1-2H3. The molecule has 0 saturated heterocycles. The van der Waals surface area contributed by atoms with Crippen LogP contribution in [0, 0.1) is 23.2 Å². The van der Waals surface area contributed by atoms with Gasteiger partial charge < -0.3 is 0 Å². The van der Waals surface area contributed by atoms with Gasteiger partial charge in [0, 0.05) is 0 Å². The molecule has 0 N–H and O–H groups in total. The third kappa shape index (κ3) is 3.28. The molecule has 19 heavy (non-hydrogen) atoms. The lowest BCUT2D eigenvalue weighted by Crippen LogP contribution is -2.40. The molecule has 0 bridgehead atoms. The third-order valence-electron chi connectivity index (χ3n) is 5.95. The Hall–Kier alpha value is -0.210. The largest absolute Gasteiger partial charge is 0.394 e. The molecule has 0 radical (unpaired) electrons. The van der Waals surface area contributed by atoms with Gasteiger partial charge in [-0.2, -0.15) is 13.2 Å². The number of hydrogen-bond donors (Lipinski definition) is 0. The van der Waals surface area contributed by atoms with Crippen molar-refractivity contribution >= 4 is 0 Å². The number of halogens is 3. The molecule has 2 aliphatic rings. The van der Waals surface area contributed by atoms with E-state index in [4.69, 9.17) is 0 Å². The van der Waals surface area contributed by atoms with E-state index in [2.05, 4.69) is 6.92 Å². The maximum atomic E-state index is 13.0. The normalized spacial score (nSPS) is 41.2. The fourth-order valence-electron chi connectivity index (χ4n) is 4.10. The zero-order valence-corrected chi connectivity index (χ0v) is 12.2. The molecule has 0 atom stereocenters. The lowest BCUT2D eigenvalue weighted by Gasteiger charge is -2.42. The maximum absolute atomic E-state index is 13.0. The highest BCUT2D eigenvalue weighted by atomic mass is 19.4. The molecule has 2 aliphatic carbocycles. The van der Waals surface area contributed by atoms with Crippen LogP contribution in [0.15, 0.2) is 0 Å². The molecule has 3 heteroatoms. The molecular formula is C16H27F3. The first-order valence-corrected chi connectivity index (χ1v) is 7.92. The van der Waals surface area contributed by atoms with Crippen LogP contribution in [0.5, 0.6) is 0 Å². The van der Waals surface area contributed by atoms with E-state index in [1.165, 1.54) is 39.0 Å². The van der Waals surface area contributed by atoms with Gasteiger partial charge in [0.15, 0.2) is 0 Å². The Morgan fingerprint density at radius 3 is 1.79 bits per heavy atom. The minimum absolute atomic E-state index is 0.342. The SMILES string of the molecule is CCC1CCC(C2CCC(C)(C(F)(F)F)CC2)CC1. The molecular weight excluding hydrogens is 249 g/mol. The van der Waals surface area contributed by atoms with E-state index in [0.717, 1.165) is 18.8 Å². The lowest BCUT2D eigenvalue weighted by atomic mass is 9.64. The van der Waals surface area contributed by atoms with Gasteiger partial charge in [0.1, 0.15) is 0 Å². The molecule has 0 aromatic heterocycles. The van der Waals surface area contributed by atoms with Crippen LogP contribution in [-0.2, 0) is 0 Å². The first-order valence-electron chi connectivity index (χ1n) is 7.92. The topological polar surface area (TPSA) is 0 Å². The third-order valence-corrected chi connectivity index (χ3v) is 5.95. The monoisotopic (exact) mass is 276 g/mol. The molecule has 0 unspecified atom stereocenters. The van der Waals surface area contributed by atoms with Gasteiger partial charge in [0.2, 0.25) is 0 Å². The summed E-state index contributed by atoms with van der Waals surface area (Å²) in [6.07, 6.45) is 4.63. The zero-order chi connectivity index (χ0) is 14.1. The fraction of sp³-hybridized carbons (Fsp3) is 1.00. The second kappa shape index (κ2) is 5.65. The van der Waals surface area contributed by atoms with Crippen LogP contribution in [0.4, 0.5) is 13.2 Å². The first-order chi connectivity index (χ1) is 8.86. The van der Waals surface area contributed by atoms with Gasteiger partial charge in [-0.15, -0.1) is 0 Å². The van der Waals surface area contributed by atoms with Crippen LogP contribution in [0.3, 0.4) is 0 Å². The van der Waals surface area contributed by atoms with E-state index in [1.807, 2.05) is 0 Å². The highest BCUT2D eigenvalue weighted by Gasteiger charge is 2.52. The Labute approximate surface area is 115 Å². The molecule has 0 aromatic rings. The summed E-state index contributed by atoms with van der Waals surface area (Å²) >= 11 is 0. The van der Waals surface area contributed by atoms with Gasteiger partial charge in [0.25, 0.3) is 0 Å². The molecule has 2 rings (SSSR count). The molecule has 2 fully saturated rings. The zero-order valence-electron chi connectivity index (χ0n) is 12.2. The van der Waals surface area contributed by atoms with E-state index in [0.29, 0.717) is 24.7 Å². The molecule has 112 valence electrons. The molecule has 0 aromatic carbocycles. The van der Waals surface area contributed by atoms with E-state index < -0.39 is 11.6 Å². The molecule has 0 nitrogen and oxygen atoms in total. The van der Waals surface area contributed by atoms with Crippen molar-refractivity contribution in [3.8, 4) is 0 Å². The van der Waals surface area contributed by atoms with Crippen molar-refractivity contribution < 1.29 is 13.2 Å². The average Bonchev–Trinajstić information content (AvgIpc) is 2.39. The summed E-state index contributed by atoms with van der Waals surface area (Å²) in [7, 11) is 0. The smallest absolute Gasteiger partial charge is 0.171 e. The average molecular weight is 276 g/mol. The molecule has 2 saturated carbocycles. The van der Waals surface area contributed by atoms with Crippen molar-refractivity contribution in [2.75, 3.05) is 0 Å². The van der Waals surface area contributed by atoms with Gasteiger partial charge >= 0.3 is 6.18 Å². The van der Waals surface area contributed by atoms with E-state index in [1.54, 1.807) is 0 Å². The lowest BCUT2D eigenvalue weighted by molar-refractivity contribution is -0.231. The molecule has 0 spiro atoms. The minimum Gasteiger partial charge on any atom is -0.171 e. The Morgan fingerprint density at radius 2 is 1.37 bits per heavy atom. The van der Waals surface area contributed by atoms with Gasteiger partial charge in [-0.1, -0.05) is 33.1 Å². The summed E-state index contributed by atoms with van der Waals surface area (Å²) in [6.45, 7) is 3.66. The van der Waals surface area contributed by atoms with Gasteiger partial charge in [-0.25, -0.2) is 0 Å². The van der Waals surface area contributed by atoms with E-state index in [-0.39, 0.29) is 0 Å². The molecule has 0 aliphatic heterocycles. The highest BCUT2D eigenvalue weighted by Crippen LogP contribution is 2.52.